The zero-order chi connectivity index (χ0) is 29.3. The van der Waals surface area contributed by atoms with Crippen LogP contribution >= 0.6 is 12.4 Å². The number of nitrogens with zero attached hydrogens (tertiary/aromatic N) is 1. The van der Waals surface area contributed by atoms with Crippen LogP contribution in [0.5, 0.6) is 0 Å². The SMILES string of the molecule is CCCCCCCCCCCCCCCC[n+]1ccccc1.Cl.O=S(=O)(O)O.[CH2-]CCCCCCCCCCC.[Na+]. The first kappa shape index (κ1) is 48.2. The van der Waals surface area contributed by atoms with Gasteiger partial charge in [-0.2, -0.15) is 14.8 Å². The molecule has 41 heavy (non-hydrogen) atoms. The van der Waals surface area contributed by atoms with Crippen LogP contribution in [0.1, 0.15) is 168 Å². The van der Waals surface area contributed by atoms with E-state index in [-0.39, 0.29) is 42.0 Å². The van der Waals surface area contributed by atoms with Gasteiger partial charge in [0.1, 0.15) is 6.54 Å². The van der Waals surface area contributed by atoms with Crippen molar-refractivity contribution in [3.8, 4) is 0 Å². The molecule has 240 valence electrons. The molecule has 0 saturated heterocycles. The van der Waals surface area contributed by atoms with Crippen LogP contribution in [0.2, 0.25) is 0 Å². The van der Waals surface area contributed by atoms with Crippen LogP contribution in [-0.2, 0) is 16.9 Å². The third-order valence-electron chi connectivity index (χ3n) is 6.90. The zero-order valence-electron chi connectivity index (χ0n) is 27.2. The van der Waals surface area contributed by atoms with Crippen molar-refractivity contribution in [2.24, 2.45) is 0 Å². The first-order valence-electron chi connectivity index (χ1n) is 16.3. The molecule has 0 unspecified atom stereocenters. The van der Waals surface area contributed by atoms with Gasteiger partial charge in [-0.3, -0.25) is 9.11 Å². The predicted octanol–water partition coefficient (Wildman–Crippen LogP) is 7.97. The first-order valence-corrected chi connectivity index (χ1v) is 17.7. The number of pyridine rings is 1. The smallest absolute Gasteiger partial charge is 0.343 e. The minimum atomic E-state index is -4.67. The number of halogens is 1. The maximum Gasteiger partial charge on any atom is 1.00 e. The van der Waals surface area contributed by atoms with E-state index in [1.54, 1.807) is 0 Å². The second kappa shape index (κ2) is 40.3. The van der Waals surface area contributed by atoms with Crippen molar-refractivity contribution < 1.29 is 51.6 Å². The van der Waals surface area contributed by atoms with Gasteiger partial charge in [0.15, 0.2) is 12.4 Å². The second-order valence-electron chi connectivity index (χ2n) is 10.8. The Hall–Kier alpha value is 0.310. The van der Waals surface area contributed by atoms with Gasteiger partial charge in [-0.25, -0.2) is 4.57 Å². The molecule has 0 aromatic carbocycles. The van der Waals surface area contributed by atoms with E-state index in [4.69, 9.17) is 17.5 Å². The predicted molar refractivity (Wildman–Crippen MR) is 176 cm³/mol. The molecule has 1 heterocycles. The fraction of sp³-hybridized carbons (Fsp3) is 0.818. The third-order valence-corrected chi connectivity index (χ3v) is 6.90. The molecule has 8 heteroatoms. The van der Waals surface area contributed by atoms with Gasteiger partial charge in [0.2, 0.25) is 0 Å². The summed E-state index contributed by atoms with van der Waals surface area (Å²) in [5.41, 5.74) is 0. The van der Waals surface area contributed by atoms with Crippen molar-refractivity contribution in [1.29, 1.82) is 0 Å². The van der Waals surface area contributed by atoms with E-state index in [1.165, 1.54) is 154 Å². The van der Waals surface area contributed by atoms with Gasteiger partial charge in [0, 0.05) is 18.6 Å². The standard InChI is InChI=1S/C21H38N.C12H25.ClH.Na.H2O4S/c1-2-3-4-5-6-7-8-9-10-11-12-13-14-16-19-22-20-17-15-18-21-22;1-3-5-7-9-11-12-10-8-6-4-2;;;1-5(2,3)4/h15,17-18,20-21H,2-14,16,19H2,1H3;1,3-12H2,2H3;1H;;(H2,1,2,3,4)/q+1;-1;;+1;. The minimum absolute atomic E-state index is 0. The van der Waals surface area contributed by atoms with Crippen LogP contribution in [-0.4, -0.2) is 17.5 Å². The summed E-state index contributed by atoms with van der Waals surface area (Å²) in [5.74, 6) is 0. The summed E-state index contributed by atoms with van der Waals surface area (Å²) in [7, 11) is -4.67. The van der Waals surface area contributed by atoms with Gasteiger partial charge in [-0.1, -0.05) is 155 Å². The van der Waals surface area contributed by atoms with E-state index in [1.807, 2.05) is 0 Å². The van der Waals surface area contributed by atoms with Crippen LogP contribution in [0.4, 0.5) is 0 Å². The molecule has 1 rings (SSSR count). The van der Waals surface area contributed by atoms with E-state index >= 15 is 0 Å². The van der Waals surface area contributed by atoms with Crippen molar-refractivity contribution in [3.05, 3.63) is 37.5 Å². The summed E-state index contributed by atoms with van der Waals surface area (Å²) < 4.78 is 33.9. The first-order chi connectivity index (χ1) is 18.8. The molecule has 1 aromatic heterocycles. The number of rotatable bonds is 24. The largest absolute Gasteiger partial charge is 1.00 e. The van der Waals surface area contributed by atoms with Crippen molar-refractivity contribution in [2.45, 2.75) is 174 Å². The summed E-state index contributed by atoms with van der Waals surface area (Å²) in [6.07, 6.45) is 38.3. The molecule has 0 saturated carbocycles. The monoisotopic (exact) mass is 630 g/mol. The quantitative estimate of drug-likeness (QED) is 0.0399. The number of unbranched alkanes of at least 4 members (excludes halogenated alkanes) is 22. The Morgan fingerprint density at radius 2 is 0.805 bits per heavy atom. The van der Waals surface area contributed by atoms with E-state index < -0.39 is 10.4 Å². The van der Waals surface area contributed by atoms with Crippen molar-refractivity contribution >= 4 is 22.8 Å². The number of aryl methyl sites for hydroxylation is 1. The molecule has 0 aliphatic rings. The Bertz CT molecular complexity index is 663. The molecule has 1 aromatic rings. The average molecular weight is 631 g/mol. The Labute approximate surface area is 284 Å². The summed E-state index contributed by atoms with van der Waals surface area (Å²) in [4.78, 5) is 0. The number of hydrogen-bond acceptors (Lipinski definition) is 2. The van der Waals surface area contributed by atoms with E-state index in [9.17, 15) is 0 Å². The molecule has 0 fully saturated rings. The van der Waals surface area contributed by atoms with Gasteiger partial charge >= 0.3 is 40.0 Å². The number of hydrogen-bond donors (Lipinski definition) is 2. The molecule has 0 aliphatic heterocycles. The summed E-state index contributed by atoms with van der Waals surface area (Å²) in [6, 6.07) is 6.31. The average Bonchev–Trinajstić information content (AvgIpc) is 2.90. The van der Waals surface area contributed by atoms with Crippen LogP contribution in [0, 0.1) is 6.92 Å². The molecule has 2 N–H and O–H groups in total. The van der Waals surface area contributed by atoms with Crippen molar-refractivity contribution in [1.82, 2.24) is 0 Å². The Balaban J connectivity index is -0.000000305. The zero-order valence-corrected chi connectivity index (χ0v) is 30.9. The van der Waals surface area contributed by atoms with Gasteiger partial charge in [0.25, 0.3) is 0 Å². The van der Waals surface area contributed by atoms with Crippen molar-refractivity contribution in [3.63, 3.8) is 0 Å². The van der Waals surface area contributed by atoms with Gasteiger partial charge in [-0.15, -0.1) is 12.4 Å². The Kier molecular flexibility index (Phi) is 47.4. The summed E-state index contributed by atoms with van der Waals surface area (Å²) >= 11 is 0. The molecule has 0 spiro atoms. The van der Waals surface area contributed by atoms with Gasteiger partial charge < -0.3 is 6.92 Å². The Morgan fingerprint density at radius 3 is 1.10 bits per heavy atom. The minimum Gasteiger partial charge on any atom is -0.343 e. The van der Waals surface area contributed by atoms with E-state index in [0.29, 0.717) is 0 Å². The van der Waals surface area contributed by atoms with Crippen molar-refractivity contribution in [2.75, 3.05) is 0 Å². The van der Waals surface area contributed by atoms with E-state index in [0.717, 1.165) is 6.42 Å². The van der Waals surface area contributed by atoms with Gasteiger partial charge in [0.05, 0.1) is 0 Å². The van der Waals surface area contributed by atoms with Crippen LogP contribution in [0.3, 0.4) is 0 Å². The van der Waals surface area contributed by atoms with Gasteiger partial charge in [-0.05, 0) is 6.42 Å². The second-order valence-corrected chi connectivity index (χ2v) is 11.7. The fourth-order valence-electron chi connectivity index (χ4n) is 4.56. The maximum atomic E-state index is 8.74. The molecule has 0 radical (unpaired) electrons. The topological polar surface area (TPSA) is 78.5 Å². The molecule has 0 amide bonds. The third kappa shape index (κ3) is 53.3. The summed E-state index contributed by atoms with van der Waals surface area (Å²) in [6.45, 7) is 9.59. The molecule has 0 bridgehead atoms. The molecular formula is C33H66ClNNaO4S+. The molecular weight excluding hydrogens is 565 g/mol. The molecule has 5 nitrogen and oxygen atoms in total. The van der Waals surface area contributed by atoms with Crippen LogP contribution < -0.4 is 34.1 Å². The number of aromatic nitrogens is 1. The van der Waals surface area contributed by atoms with Crippen LogP contribution in [0.25, 0.3) is 0 Å². The van der Waals surface area contributed by atoms with E-state index in [2.05, 4.69) is 55.9 Å². The Morgan fingerprint density at radius 1 is 0.537 bits per heavy atom. The summed E-state index contributed by atoms with van der Waals surface area (Å²) in [5, 5.41) is 0. The normalized spacial score (nSPS) is 10.4. The maximum absolute atomic E-state index is 8.74. The molecule has 0 atom stereocenters. The van der Waals surface area contributed by atoms with Crippen LogP contribution in [0.15, 0.2) is 30.6 Å². The molecule has 0 aliphatic carbocycles. The fourth-order valence-corrected chi connectivity index (χ4v) is 4.56.